The van der Waals surface area contributed by atoms with Crippen molar-refractivity contribution in [2.24, 2.45) is 5.41 Å². The molecule has 1 N–H and O–H groups in total. The number of nitriles is 1. The number of hydrogen-bond acceptors (Lipinski definition) is 3. The molecule has 1 unspecified atom stereocenters. The molecule has 1 aliphatic heterocycles. The van der Waals surface area contributed by atoms with Crippen molar-refractivity contribution >= 4 is 0 Å². The van der Waals surface area contributed by atoms with Crippen LogP contribution in [0, 0.1) is 16.7 Å². The van der Waals surface area contributed by atoms with E-state index in [2.05, 4.69) is 37.1 Å². The summed E-state index contributed by atoms with van der Waals surface area (Å²) in [5, 5.41) is 12.6. The maximum absolute atomic E-state index is 9.26. The molecule has 0 bridgehead atoms. The highest BCUT2D eigenvalue weighted by molar-refractivity contribution is 5.06. The number of rotatable bonds is 5. The summed E-state index contributed by atoms with van der Waals surface area (Å²) in [5.41, 5.74) is 0.0253. The van der Waals surface area contributed by atoms with Gasteiger partial charge in [-0.25, -0.2) is 0 Å². The van der Waals surface area contributed by atoms with Crippen molar-refractivity contribution in [2.75, 3.05) is 26.2 Å². The maximum atomic E-state index is 9.26. The van der Waals surface area contributed by atoms with Crippen molar-refractivity contribution in [3.8, 4) is 6.07 Å². The van der Waals surface area contributed by atoms with Gasteiger partial charge in [0, 0.05) is 13.1 Å². The van der Waals surface area contributed by atoms with Crippen LogP contribution >= 0.6 is 0 Å². The average molecular weight is 223 g/mol. The van der Waals surface area contributed by atoms with Gasteiger partial charge < -0.3 is 0 Å². The maximum Gasteiger partial charge on any atom is 0.116 e. The predicted octanol–water partition coefficient (Wildman–Crippen LogP) is 2.00. The molecule has 1 fully saturated rings. The Labute approximate surface area is 99.8 Å². The molecule has 1 saturated heterocycles. The molecule has 16 heavy (non-hydrogen) atoms. The lowest BCUT2D eigenvalue weighted by atomic mass is 9.93. The molecule has 0 aliphatic carbocycles. The van der Waals surface area contributed by atoms with Crippen molar-refractivity contribution < 1.29 is 0 Å². The second kappa shape index (κ2) is 5.16. The Morgan fingerprint density at radius 2 is 2.19 bits per heavy atom. The summed E-state index contributed by atoms with van der Waals surface area (Å²) in [6.07, 6.45) is 2.31. The molecule has 0 spiro atoms. The second-order valence-corrected chi connectivity index (χ2v) is 6.00. The van der Waals surface area contributed by atoms with E-state index < -0.39 is 5.54 Å². The summed E-state index contributed by atoms with van der Waals surface area (Å²) in [6, 6.07) is 2.41. The molecule has 1 rings (SSSR count). The molecule has 0 aromatic heterocycles. The monoisotopic (exact) mass is 223 g/mol. The predicted molar refractivity (Wildman–Crippen MR) is 67.1 cm³/mol. The third-order valence-electron chi connectivity index (χ3n) is 3.31. The second-order valence-electron chi connectivity index (χ2n) is 6.00. The van der Waals surface area contributed by atoms with Gasteiger partial charge in [0.15, 0.2) is 0 Å². The first-order valence-electron chi connectivity index (χ1n) is 6.29. The minimum Gasteiger partial charge on any atom is -0.300 e. The Morgan fingerprint density at radius 1 is 1.50 bits per heavy atom. The topological polar surface area (TPSA) is 39.1 Å². The van der Waals surface area contributed by atoms with Gasteiger partial charge in [-0.3, -0.25) is 10.2 Å². The fraction of sp³-hybridized carbons (Fsp3) is 0.923. The van der Waals surface area contributed by atoms with Crippen LogP contribution in [0.4, 0.5) is 0 Å². The van der Waals surface area contributed by atoms with E-state index in [0.717, 1.165) is 32.6 Å². The Hall–Kier alpha value is -0.590. The molecule has 0 aromatic carbocycles. The van der Waals surface area contributed by atoms with Crippen LogP contribution < -0.4 is 5.32 Å². The molecule has 0 aromatic rings. The zero-order valence-corrected chi connectivity index (χ0v) is 11.1. The molecular formula is C13H25N3. The Morgan fingerprint density at radius 3 is 2.62 bits per heavy atom. The number of likely N-dealkylation sites (tertiary alicyclic amines) is 1. The smallest absolute Gasteiger partial charge is 0.116 e. The van der Waals surface area contributed by atoms with Crippen molar-refractivity contribution in [1.29, 1.82) is 5.26 Å². The summed E-state index contributed by atoms with van der Waals surface area (Å²) >= 11 is 0. The van der Waals surface area contributed by atoms with Crippen LogP contribution in [0.3, 0.4) is 0 Å². The van der Waals surface area contributed by atoms with Crippen LogP contribution in [-0.2, 0) is 0 Å². The molecule has 0 radical (unpaired) electrons. The van der Waals surface area contributed by atoms with E-state index in [9.17, 15) is 5.26 Å². The molecular weight excluding hydrogens is 198 g/mol. The highest BCUT2D eigenvalue weighted by Crippen LogP contribution is 2.29. The van der Waals surface area contributed by atoms with Crippen molar-refractivity contribution in [1.82, 2.24) is 10.2 Å². The third-order valence-corrected chi connectivity index (χ3v) is 3.31. The molecule has 92 valence electrons. The summed E-state index contributed by atoms with van der Waals surface area (Å²) in [7, 11) is 0. The van der Waals surface area contributed by atoms with E-state index in [1.54, 1.807) is 0 Å². The number of nitrogens with zero attached hydrogens (tertiary/aromatic N) is 2. The highest BCUT2D eigenvalue weighted by Gasteiger charge is 2.34. The van der Waals surface area contributed by atoms with E-state index >= 15 is 0 Å². The molecule has 0 saturated carbocycles. The lowest BCUT2D eigenvalue weighted by Gasteiger charge is -2.29. The van der Waals surface area contributed by atoms with Crippen molar-refractivity contribution in [3.05, 3.63) is 0 Å². The Kier molecular flexibility index (Phi) is 4.35. The molecule has 0 amide bonds. The van der Waals surface area contributed by atoms with Gasteiger partial charge in [0.25, 0.3) is 0 Å². The minimum atomic E-state index is -0.392. The summed E-state index contributed by atoms with van der Waals surface area (Å²) in [6.45, 7) is 12.7. The number of nitrogens with one attached hydrogen (secondary N) is 1. The Bertz CT molecular complexity index is 267. The standard InChI is InChI=1S/C13H25N3/c1-5-7-15-13(4,9-14)11-16-8-6-12(2,3)10-16/h15H,5-8,10-11H2,1-4H3. The van der Waals surface area contributed by atoms with Gasteiger partial charge in [0.05, 0.1) is 6.07 Å². The number of hydrogen-bond donors (Lipinski definition) is 1. The fourth-order valence-corrected chi connectivity index (χ4v) is 2.34. The van der Waals surface area contributed by atoms with Gasteiger partial charge in [0.1, 0.15) is 5.54 Å². The van der Waals surface area contributed by atoms with Crippen LogP contribution in [0.15, 0.2) is 0 Å². The first-order chi connectivity index (χ1) is 7.41. The van der Waals surface area contributed by atoms with Gasteiger partial charge in [0.2, 0.25) is 0 Å². The summed E-state index contributed by atoms with van der Waals surface area (Å²) < 4.78 is 0. The zero-order valence-electron chi connectivity index (χ0n) is 11.1. The lowest BCUT2D eigenvalue weighted by Crippen LogP contribution is -2.50. The van der Waals surface area contributed by atoms with E-state index in [-0.39, 0.29) is 0 Å². The van der Waals surface area contributed by atoms with Crippen molar-refractivity contribution in [3.63, 3.8) is 0 Å². The normalized spacial score (nSPS) is 23.9. The molecule has 1 atom stereocenters. The van der Waals surface area contributed by atoms with Crippen LogP contribution in [0.25, 0.3) is 0 Å². The Balaban J connectivity index is 2.48. The van der Waals surface area contributed by atoms with Crippen LogP contribution in [-0.4, -0.2) is 36.6 Å². The minimum absolute atomic E-state index is 0.392. The largest absolute Gasteiger partial charge is 0.300 e. The first kappa shape index (κ1) is 13.5. The highest BCUT2D eigenvalue weighted by atomic mass is 15.2. The fourth-order valence-electron chi connectivity index (χ4n) is 2.34. The molecule has 3 nitrogen and oxygen atoms in total. The van der Waals surface area contributed by atoms with Crippen LogP contribution in [0.1, 0.15) is 40.5 Å². The SMILES string of the molecule is CCCNC(C)(C#N)CN1CCC(C)(C)C1. The van der Waals surface area contributed by atoms with Gasteiger partial charge in [-0.15, -0.1) is 0 Å². The van der Waals surface area contributed by atoms with Gasteiger partial charge in [-0.2, -0.15) is 5.26 Å². The van der Waals surface area contributed by atoms with Crippen molar-refractivity contribution in [2.45, 2.75) is 46.1 Å². The third kappa shape index (κ3) is 3.77. The summed E-state index contributed by atoms with van der Waals surface area (Å²) in [4.78, 5) is 2.41. The quantitative estimate of drug-likeness (QED) is 0.775. The lowest BCUT2D eigenvalue weighted by molar-refractivity contribution is 0.237. The van der Waals surface area contributed by atoms with E-state index in [1.165, 1.54) is 6.42 Å². The molecule has 1 heterocycles. The first-order valence-corrected chi connectivity index (χ1v) is 6.29. The van der Waals surface area contributed by atoms with Gasteiger partial charge in [-0.1, -0.05) is 20.8 Å². The zero-order chi connectivity index (χ0) is 12.2. The van der Waals surface area contributed by atoms with Gasteiger partial charge in [-0.05, 0) is 38.3 Å². The van der Waals surface area contributed by atoms with E-state index in [0.29, 0.717) is 5.41 Å². The average Bonchev–Trinajstić information content (AvgIpc) is 2.55. The molecule has 1 aliphatic rings. The van der Waals surface area contributed by atoms with Crippen LogP contribution in [0.2, 0.25) is 0 Å². The summed E-state index contributed by atoms with van der Waals surface area (Å²) in [5.74, 6) is 0. The van der Waals surface area contributed by atoms with Gasteiger partial charge >= 0.3 is 0 Å². The van der Waals surface area contributed by atoms with E-state index in [4.69, 9.17) is 0 Å². The van der Waals surface area contributed by atoms with Crippen LogP contribution in [0.5, 0.6) is 0 Å². The van der Waals surface area contributed by atoms with E-state index in [1.807, 2.05) is 6.92 Å². The molecule has 3 heteroatoms.